The van der Waals surface area contributed by atoms with E-state index >= 15 is 0 Å². The number of benzene rings is 3. The van der Waals surface area contributed by atoms with Gasteiger partial charge in [-0.15, -0.1) is 5.10 Å². The summed E-state index contributed by atoms with van der Waals surface area (Å²) in [6, 6.07) is 21.1. The second kappa shape index (κ2) is 13.1. The molecule has 1 aliphatic rings. The Bertz CT molecular complexity index is 1590. The maximum Gasteiger partial charge on any atom is 0.338 e. The largest absolute Gasteiger partial charge is 0.489 e. The van der Waals surface area contributed by atoms with Gasteiger partial charge in [0.15, 0.2) is 0 Å². The van der Waals surface area contributed by atoms with Crippen molar-refractivity contribution in [2.75, 3.05) is 11.9 Å². The van der Waals surface area contributed by atoms with Gasteiger partial charge in [0.25, 0.3) is 0 Å². The number of halogens is 2. The van der Waals surface area contributed by atoms with E-state index in [0.717, 1.165) is 27.6 Å². The molecule has 0 saturated carbocycles. The number of allylic oxidation sites excluding steroid dienone is 1. The molecular formula is C31H30BrClN4O3S. The molecule has 7 nitrogen and oxygen atoms in total. The highest BCUT2D eigenvalue weighted by Gasteiger charge is 2.37. The van der Waals surface area contributed by atoms with Crippen molar-refractivity contribution in [1.29, 1.82) is 0 Å². The first-order valence-electron chi connectivity index (χ1n) is 13.3. The summed E-state index contributed by atoms with van der Waals surface area (Å²) in [6.45, 7) is 6.57. The summed E-state index contributed by atoms with van der Waals surface area (Å²) in [7, 11) is 0. The Hall–Kier alpha value is -3.27. The summed E-state index contributed by atoms with van der Waals surface area (Å²) in [5, 5.41) is 9.38. The zero-order chi connectivity index (χ0) is 28.9. The summed E-state index contributed by atoms with van der Waals surface area (Å²) in [4.78, 5) is 18.2. The number of rotatable bonds is 10. The number of thioether (sulfide) groups is 1. The van der Waals surface area contributed by atoms with Gasteiger partial charge < -0.3 is 14.8 Å². The Morgan fingerprint density at radius 2 is 1.90 bits per heavy atom. The van der Waals surface area contributed by atoms with Crippen molar-refractivity contribution >= 4 is 51.2 Å². The van der Waals surface area contributed by atoms with E-state index in [0.29, 0.717) is 52.1 Å². The van der Waals surface area contributed by atoms with Crippen LogP contribution >= 0.6 is 39.3 Å². The maximum absolute atomic E-state index is 13.5. The predicted molar refractivity (Wildman–Crippen MR) is 166 cm³/mol. The normalized spacial score (nSPS) is 14.4. The summed E-state index contributed by atoms with van der Waals surface area (Å²) in [5.41, 5.74) is 5.10. The van der Waals surface area contributed by atoms with Gasteiger partial charge in [0.1, 0.15) is 18.4 Å². The minimum absolute atomic E-state index is 0.320. The highest BCUT2D eigenvalue weighted by atomic mass is 79.9. The molecule has 0 radical (unpaired) electrons. The predicted octanol–water partition coefficient (Wildman–Crippen LogP) is 8.12. The molecule has 4 aromatic rings. The molecule has 2 heterocycles. The summed E-state index contributed by atoms with van der Waals surface area (Å²) in [5.74, 6) is 1.37. The third-order valence-corrected chi connectivity index (χ3v) is 8.33. The standard InChI is InChI=1S/C31H30BrClN4O3S/c1-4-15-39-29(38)27-20(3)34-30-35-31(41-18-22-7-5-6-8-25(22)33)36-37(30)28(27)24-16-23(32)13-14-26(24)40-17-21-11-9-19(2)10-12-21/h5-14,16,28H,4,15,17-18H2,1-3H3,(H,34,35,36). The van der Waals surface area contributed by atoms with Gasteiger partial charge in [-0.05, 0) is 55.7 Å². The van der Waals surface area contributed by atoms with E-state index in [1.807, 2.05) is 68.4 Å². The minimum Gasteiger partial charge on any atom is -0.489 e. The van der Waals surface area contributed by atoms with Crippen LogP contribution in [0.2, 0.25) is 5.02 Å². The number of nitrogens with one attached hydrogen (secondary N) is 1. The van der Waals surface area contributed by atoms with Crippen LogP contribution in [0.5, 0.6) is 5.75 Å². The zero-order valence-electron chi connectivity index (χ0n) is 23.0. The number of hydrogen-bond donors (Lipinski definition) is 1. The number of nitrogens with zero attached hydrogens (tertiary/aromatic N) is 3. The molecule has 41 heavy (non-hydrogen) atoms. The second-order valence-corrected chi connectivity index (χ2v) is 12.0. The molecule has 1 atom stereocenters. The molecule has 3 aromatic carbocycles. The van der Waals surface area contributed by atoms with Crippen LogP contribution in [-0.2, 0) is 21.9 Å². The molecule has 5 rings (SSSR count). The molecule has 0 bridgehead atoms. The van der Waals surface area contributed by atoms with Crippen molar-refractivity contribution in [3.8, 4) is 5.75 Å². The number of fused-ring (bicyclic) bond motifs is 1. The minimum atomic E-state index is -0.622. The van der Waals surface area contributed by atoms with Crippen LogP contribution in [0.4, 0.5) is 5.95 Å². The molecule has 0 aliphatic carbocycles. The first-order chi connectivity index (χ1) is 19.8. The van der Waals surface area contributed by atoms with Crippen LogP contribution in [0.25, 0.3) is 0 Å². The molecule has 0 saturated heterocycles. The number of ether oxygens (including phenoxy) is 2. The van der Waals surface area contributed by atoms with Crippen LogP contribution in [-0.4, -0.2) is 27.3 Å². The van der Waals surface area contributed by atoms with E-state index in [9.17, 15) is 4.79 Å². The van der Waals surface area contributed by atoms with Crippen molar-refractivity contribution in [3.05, 3.63) is 110 Å². The molecule has 0 amide bonds. The van der Waals surface area contributed by atoms with Gasteiger partial charge in [0, 0.05) is 26.5 Å². The molecule has 212 valence electrons. The fourth-order valence-corrected chi connectivity index (χ4v) is 5.98. The average molecular weight is 654 g/mol. The zero-order valence-corrected chi connectivity index (χ0v) is 26.1. The molecule has 1 unspecified atom stereocenters. The number of carbonyl (C=O) groups excluding carboxylic acids is 1. The first-order valence-corrected chi connectivity index (χ1v) is 15.4. The number of aromatic nitrogens is 3. The lowest BCUT2D eigenvalue weighted by atomic mass is 9.95. The van der Waals surface area contributed by atoms with Gasteiger partial charge in [0.05, 0.1) is 12.2 Å². The van der Waals surface area contributed by atoms with E-state index < -0.39 is 12.0 Å². The van der Waals surface area contributed by atoms with Crippen LogP contribution < -0.4 is 10.1 Å². The van der Waals surface area contributed by atoms with Crippen molar-refractivity contribution < 1.29 is 14.3 Å². The average Bonchev–Trinajstić information content (AvgIpc) is 3.37. The van der Waals surface area contributed by atoms with Gasteiger partial charge in [-0.3, -0.25) is 0 Å². The highest BCUT2D eigenvalue weighted by Crippen LogP contribution is 2.42. The Kier molecular flexibility index (Phi) is 9.37. The third-order valence-electron chi connectivity index (χ3n) is 6.59. The fraction of sp³-hybridized carbons (Fsp3) is 0.258. The molecule has 10 heteroatoms. The lowest BCUT2D eigenvalue weighted by Crippen LogP contribution is -2.30. The van der Waals surface area contributed by atoms with Crippen molar-refractivity contribution in [2.45, 2.75) is 50.8 Å². The molecule has 1 aliphatic heterocycles. The third kappa shape index (κ3) is 6.80. The van der Waals surface area contributed by atoms with Crippen molar-refractivity contribution in [1.82, 2.24) is 14.8 Å². The number of anilines is 1. The number of aryl methyl sites for hydroxylation is 1. The van der Waals surface area contributed by atoms with Crippen molar-refractivity contribution in [2.24, 2.45) is 0 Å². The van der Waals surface area contributed by atoms with Gasteiger partial charge in [-0.2, -0.15) is 4.98 Å². The van der Waals surface area contributed by atoms with Crippen LogP contribution in [0.15, 0.2) is 87.6 Å². The van der Waals surface area contributed by atoms with E-state index in [1.54, 1.807) is 4.68 Å². The Morgan fingerprint density at radius 1 is 1.12 bits per heavy atom. The smallest absolute Gasteiger partial charge is 0.338 e. The van der Waals surface area contributed by atoms with E-state index in [-0.39, 0.29) is 0 Å². The quantitative estimate of drug-likeness (QED) is 0.137. The lowest BCUT2D eigenvalue weighted by molar-refractivity contribution is -0.139. The summed E-state index contributed by atoms with van der Waals surface area (Å²) >= 11 is 11.5. The van der Waals surface area contributed by atoms with Gasteiger partial charge in [-0.25, -0.2) is 9.48 Å². The summed E-state index contributed by atoms with van der Waals surface area (Å²) in [6.07, 6.45) is 0.718. The molecular weight excluding hydrogens is 624 g/mol. The van der Waals surface area contributed by atoms with Crippen molar-refractivity contribution in [3.63, 3.8) is 0 Å². The monoisotopic (exact) mass is 652 g/mol. The van der Waals surface area contributed by atoms with Crippen LogP contribution in [0.3, 0.4) is 0 Å². The maximum atomic E-state index is 13.5. The van der Waals surface area contributed by atoms with Gasteiger partial charge >= 0.3 is 5.97 Å². The molecule has 1 N–H and O–H groups in total. The van der Waals surface area contributed by atoms with Crippen LogP contribution in [0.1, 0.15) is 48.6 Å². The molecule has 0 spiro atoms. The molecule has 1 aromatic heterocycles. The highest BCUT2D eigenvalue weighted by molar-refractivity contribution is 9.10. The lowest BCUT2D eigenvalue weighted by Gasteiger charge is -2.29. The number of carbonyl (C=O) groups is 1. The van der Waals surface area contributed by atoms with E-state index in [1.165, 1.54) is 17.3 Å². The van der Waals surface area contributed by atoms with E-state index in [2.05, 4.69) is 40.3 Å². The Balaban J connectivity index is 1.53. The Morgan fingerprint density at radius 3 is 2.66 bits per heavy atom. The number of esters is 1. The van der Waals surface area contributed by atoms with E-state index in [4.69, 9.17) is 31.2 Å². The second-order valence-electron chi connectivity index (χ2n) is 9.70. The first kappa shape index (κ1) is 29.2. The fourth-order valence-electron chi connectivity index (χ4n) is 4.48. The topological polar surface area (TPSA) is 78.3 Å². The van der Waals surface area contributed by atoms with Crippen LogP contribution in [0, 0.1) is 6.92 Å². The van der Waals surface area contributed by atoms with Gasteiger partial charge in [0.2, 0.25) is 11.1 Å². The summed E-state index contributed by atoms with van der Waals surface area (Å²) < 4.78 is 14.6. The molecule has 0 fully saturated rings. The number of hydrogen-bond acceptors (Lipinski definition) is 7. The Labute approximate surface area is 257 Å². The van der Waals surface area contributed by atoms with Gasteiger partial charge in [-0.1, -0.05) is 94.2 Å². The SMILES string of the molecule is CCCOC(=O)C1=C(C)Nc2nc(SCc3ccccc3Cl)nn2C1c1cc(Br)ccc1OCc1ccc(C)cc1.